The Labute approximate surface area is 143 Å². The maximum atomic E-state index is 12.7. The smallest absolute Gasteiger partial charge is 0.322 e. The van der Waals surface area contributed by atoms with Gasteiger partial charge in [-0.2, -0.15) is 0 Å². The van der Waals surface area contributed by atoms with E-state index < -0.39 is 0 Å². The van der Waals surface area contributed by atoms with Crippen LogP contribution in [0.1, 0.15) is 42.5 Å². The summed E-state index contributed by atoms with van der Waals surface area (Å²) in [6.07, 6.45) is 0.812. The van der Waals surface area contributed by atoms with Crippen molar-refractivity contribution in [1.82, 2.24) is 4.90 Å². The maximum absolute atomic E-state index is 12.7. The second kappa shape index (κ2) is 7.05. The molecule has 4 nitrogen and oxygen atoms in total. The van der Waals surface area contributed by atoms with Crippen molar-refractivity contribution in [3.8, 4) is 0 Å². The first-order chi connectivity index (χ1) is 11.6. The van der Waals surface area contributed by atoms with Crippen LogP contribution in [0, 0.1) is 0 Å². The second-order valence-corrected chi connectivity index (χ2v) is 6.55. The third-order valence-corrected chi connectivity index (χ3v) is 4.67. The summed E-state index contributed by atoms with van der Waals surface area (Å²) in [4.78, 5) is 14.4. The molecule has 1 aliphatic rings. The van der Waals surface area contributed by atoms with Gasteiger partial charge in [0.15, 0.2) is 0 Å². The lowest BCUT2D eigenvalue weighted by Gasteiger charge is -2.36. The van der Waals surface area contributed by atoms with E-state index in [1.165, 1.54) is 11.1 Å². The molecule has 0 radical (unpaired) electrons. The first kappa shape index (κ1) is 16.5. The minimum Gasteiger partial charge on any atom is -0.394 e. The average Bonchev–Trinajstić information content (AvgIpc) is 2.61. The van der Waals surface area contributed by atoms with Crippen LogP contribution in [0.15, 0.2) is 48.5 Å². The van der Waals surface area contributed by atoms with Crippen molar-refractivity contribution in [3.63, 3.8) is 0 Å². The SMILES string of the molecule is CC(C)c1ccc(NC(=O)N2CCc3ccccc3C2CO)cc1. The molecule has 3 rings (SSSR count). The summed E-state index contributed by atoms with van der Waals surface area (Å²) >= 11 is 0. The molecule has 0 bridgehead atoms. The molecule has 24 heavy (non-hydrogen) atoms. The molecule has 2 aromatic carbocycles. The molecule has 1 unspecified atom stereocenters. The molecule has 0 saturated carbocycles. The Kier molecular flexibility index (Phi) is 4.86. The highest BCUT2D eigenvalue weighted by atomic mass is 16.3. The van der Waals surface area contributed by atoms with Gasteiger partial charge in [-0.15, -0.1) is 0 Å². The van der Waals surface area contributed by atoms with E-state index in [0.717, 1.165) is 17.7 Å². The van der Waals surface area contributed by atoms with E-state index in [9.17, 15) is 9.90 Å². The van der Waals surface area contributed by atoms with Crippen LogP contribution in [-0.2, 0) is 6.42 Å². The van der Waals surface area contributed by atoms with Gasteiger partial charge in [-0.3, -0.25) is 0 Å². The Morgan fingerprint density at radius 3 is 2.58 bits per heavy atom. The Morgan fingerprint density at radius 1 is 1.21 bits per heavy atom. The molecule has 0 fully saturated rings. The van der Waals surface area contributed by atoms with Crippen molar-refractivity contribution in [2.24, 2.45) is 0 Å². The van der Waals surface area contributed by atoms with E-state index >= 15 is 0 Å². The number of benzene rings is 2. The number of anilines is 1. The standard InChI is InChI=1S/C20H24N2O2/c1-14(2)15-7-9-17(10-8-15)21-20(24)22-12-11-16-5-3-4-6-18(16)19(22)13-23/h3-10,14,19,23H,11-13H2,1-2H3,(H,21,24). The number of hydrogen-bond donors (Lipinski definition) is 2. The lowest BCUT2D eigenvalue weighted by molar-refractivity contribution is 0.135. The van der Waals surface area contributed by atoms with Crippen molar-refractivity contribution in [3.05, 3.63) is 65.2 Å². The van der Waals surface area contributed by atoms with Crippen LogP contribution in [-0.4, -0.2) is 29.2 Å². The molecule has 4 heteroatoms. The Bertz CT molecular complexity index is 710. The van der Waals surface area contributed by atoms with E-state index in [1.807, 2.05) is 42.5 Å². The number of hydrogen-bond acceptors (Lipinski definition) is 2. The number of carbonyl (C=O) groups excluding carboxylic acids is 1. The van der Waals surface area contributed by atoms with Crippen LogP contribution in [0.25, 0.3) is 0 Å². The molecule has 0 spiro atoms. The number of rotatable bonds is 3. The van der Waals surface area contributed by atoms with Gasteiger partial charge in [0.05, 0.1) is 12.6 Å². The van der Waals surface area contributed by atoms with E-state index in [2.05, 4.69) is 25.2 Å². The largest absolute Gasteiger partial charge is 0.394 e. The zero-order valence-corrected chi connectivity index (χ0v) is 14.2. The molecule has 0 saturated heterocycles. The predicted octanol–water partition coefficient (Wildman–Crippen LogP) is 3.93. The van der Waals surface area contributed by atoms with Gasteiger partial charge in [-0.1, -0.05) is 50.2 Å². The lowest BCUT2D eigenvalue weighted by Crippen LogP contribution is -2.43. The van der Waals surface area contributed by atoms with Gasteiger partial charge < -0.3 is 15.3 Å². The Balaban J connectivity index is 1.75. The summed E-state index contributed by atoms with van der Waals surface area (Å²) in [5, 5.41) is 12.7. The van der Waals surface area contributed by atoms with Crippen molar-refractivity contribution in [2.75, 3.05) is 18.5 Å². The summed E-state index contributed by atoms with van der Waals surface area (Å²) in [6.45, 7) is 4.82. The Morgan fingerprint density at radius 2 is 1.92 bits per heavy atom. The third kappa shape index (κ3) is 3.29. The van der Waals surface area contributed by atoms with Crippen LogP contribution in [0.5, 0.6) is 0 Å². The molecular weight excluding hydrogens is 300 g/mol. The zero-order chi connectivity index (χ0) is 17.1. The van der Waals surface area contributed by atoms with Gasteiger partial charge in [0, 0.05) is 12.2 Å². The molecule has 1 atom stereocenters. The number of aliphatic hydroxyl groups excluding tert-OH is 1. The summed E-state index contributed by atoms with van der Waals surface area (Å²) in [6, 6.07) is 15.5. The molecule has 2 amide bonds. The van der Waals surface area contributed by atoms with Gasteiger partial charge in [0.1, 0.15) is 0 Å². The first-order valence-corrected chi connectivity index (χ1v) is 8.46. The van der Waals surface area contributed by atoms with E-state index in [0.29, 0.717) is 12.5 Å². The van der Waals surface area contributed by atoms with Gasteiger partial charge >= 0.3 is 6.03 Å². The van der Waals surface area contributed by atoms with Gasteiger partial charge in [0.2, 0.25) is 0 Å². The van der Waals surface area contributed by atoms with Crippen LogP contribution >= 0.6 is 0 Å². The molecule has 1 heterocycles. The fourth-order valence-corrected chi connectivity index (χ4v) is 3.24. The number of aliphatic hydroxyl groups is 1. The van der Waals surface area contributed by atoms with Crippen LogP contribution in [0.4, 0.5) is 10.5 Å². The number of amides is 2. The van der Waals surface area contributed by atoms with E-state index in [1.54, 1.807) is 4.90 Å². The average molecular weight is 324 g/mol. The van der Waals surface area contributed by atoms with Crippen molar-refractivity contribution in [2.45, 2.75) is 32.2 Å². The fourth-order valence-electron chi connectivity index (χ4n) is 3.24. The summed E-state index contributed by atoms with van der Waals surface area (Å²) in [7, 11) is 0. The van der Waals surface area contributed by atoms with Crippen molar-refractivity contribution in [1.29, 1.82) is 0 Å². The van der Waals surface area contributed by atoms with Crippen LogP contribution in [0.2, 0.25) is 0 Å². The molecule has 2 aromatic rings. The highest BCUT2D eigenvalue weighted by molar-refractivity contribution is 5.89. The predicted molar refractivity (Wildman–Crippen MR) is 96.2 cm³/mol. The minimum absolute atomic E-state index is 0.0727. The molecule has 1 aliphatic heterocycles. The molecule has 0 aromatic heterocycles. The number of nitrogens with zero attached hydrogens (tertiary/aromatic N) is 1. The van der Waals surface area contributed by atoms with Gasteiger partial charge in [-0.05, 0) is 41.2 Å². The molecule has 0 aliphatic carbocycles. The topological polar surface area (TPSA) is 52.6 Å². The number of carbonyl (C=O) groups is 1. The van der Waals surface area contributed by atoms with Crippen molar-refractivity contribution < 1.29 is 9.90 Å². The maximum Gasteiger partial charge on any atom is 0.322 e. The first-order valence-electron chi connectivity index (χ1n) is 8.46. The van der Waals surface area contributed by atoms with Crippen LogP contribution in [0.3, 0.4) is 0 Å². The molecule has 2 N–H and O–H groups in total. The summed E-state index contributed by atoms with van der Waals surface area (Å²) in [5.74, 6) is 0.465. The second-order valence-electron chi connectivity index (χ2n) is 6.55. The lowest BCUT2D eigenvalue weighted by atomic mass is 9.93. The van der Waals surface area contributed by atoms with Gasteiger partial charge in [0.25, 0.3) is 0 Å². The van der Waals surface area contributed by atoms with Crippen molar-refractivity contribution >= 4 is 11.7 Å². The normalized spacial score (nSPS) is 16.8. The highest BCUT2D eigenvalue weighted by Crippen LogP contribution is 2.30. The highest BCUT2D eigenvalue weighted by Gasteiger charge is 2.30. The third-order valence-electron chi connectivity index (χ3n) is 4.67. The number of urea groups is 1. The quantitative estimate of drug-likeness (QED) is 0.898. The number of nitrogens with one attached hydrogen (secondary N) is 1. The molecule has 126 valence electrons. The van der Waals surface area contributed by atoms with E-state index in [-0.39, 0.29) is 18.7 Å². The fraction of sp³-hybridized carbons (Fsp3) is 0.350. The van der Waals surface area contributed by atoms with E-state index in [4.69, 9.17) is 0 Å². The monoisotopic (exact) mass is 324 g/mol. The Hall–Kier alpha value is -2.33. The summed E-state index contributed by atoms with van der Waals surface area (Å²) in [5.41, 5.74) is 4.27. The van der Waals surface area contributed by atoms with Gasteiger partial charge in [-0.25, -0.2) is 4.79 Å². The zero-order valence-electron chi connectivity index (χ0n) is 14.2. The molecular formula is C20H24N2O2. The van der Waals surface area contributed by atoms with Crippen LogP contribution < -0.4 is 5.32 Å². The minimum atomic E-state index is -0.287. The number of fused-ring (bicyclic) bond motifs is 1. The summed E-state index contributed by atoms with van der Waals surface area (Å²) < 4.78 is 0.